The molecule has 1 saturated heterocycles. The highest BCUT2D eigenvalue weighted by Gasteiger charge is 2.44. The van der Waals surface area contributed by atoms with Gasteiger partial charge in [0.2, 0.25) is 5.91 Å². The number of para-hydroxylation sites is 1. The molecule has 1 aliphatic rings. The molecule has 1 aromatic carbocycles. The Bertz CT molecular complexity index is 719. The monoisotopic (exact) mass is 386 g/mol. The minimum atomic E-state index is -0.394. The molecule has 0 spiro atoms. The Kier molecular flexibility index (Phi) is 6.68. The van der Waals surface area contributed by atoms with Crippen LogP contribution in [0.25, 0.3) is 0 Å². The molecule has 2 heterocycles. The first-order valence-corrected chi connectivity index (χ1v) is 10.6. The normalized spacial score (nSPS) is 23.3. The summed E-state index contributed by atoms with van der Waals surface area (Å²) in [5.41, 5.74) is 0.568. The van der Waals surface area contributed by atoms with Gasteiger partial charge in [0, 0.05) is 43.7 Å². The minimum absolute atomic E-state index is 0.0373. The van der Waals surface area contributed by atoms with Gasteiger partial charge in [-0.2, -0.15) is 0 Å². The van der Waals surface area contributed by atoms with Crippen LogP contribution >= 0.6 is 11.3 Å². The Morgan fingerprint density at radius 2 is 2.07 bits per heavy atom. The van der Waals surface area contributed by atoms with E-state index in [-0.39, 0.29) is 11.9 Å². The van der Waals surface area contributed by atoms with Crippen LogP contribution in [0.15, 0.2) is 47.8 Å². The summed E-state index contributed by atoms with van der Waals surface area (Å²) in [4.78, 5) is 18.7. The predicted molar refractivity (Wildman–Crippen MR) is 113 cm³/mol. The average Bonchev–Trinajstić information content (AvgIpc) is 3.22. The molecule has 0 aliphatic carbocycles. The molecule has 5 heteroatoms. The van der Waals surface area contributed by atoms with E-state index in [9.17, 15) is 4.79 Å². The zero-order chi connectivity index (χ0) is 19.3. The molecule has 2 aromatic rings. The fraction of sp³-hybridized carbons (Fsp3) is 0.500. The van der Waals surface area contributed by atoms with Crippen molar-refractivity contribution in [3.05, 3.63) is 52.7 Å². The zero-order valence-electron chi connectivity index (χ0n) is 16.6. The maximum Gasteiger partial charge on any atom is 0.227 e. The lowest BCUT2D eigenvalue weighted by Crippen LogP contribution is -2.63. The number of nitrogens with zero attached hydrogens (tertiary/aromatic N) is 2. The number of rotatable bonds is 7. The van der Waals surface area contributed by atoms with Gasteiger partial charge in [0.05, 0.1) is 11.6 Å². The maximum atomic E-state index is 12.8. The van der Waals surface area contributed by atoms with Gasteiger partial charge in [0.1, 0.15) is 0 Å². The molecule has 1 aromatic heterocycles. The van der Waals surface area contributed by atoms with Crippen molar-refractivity contribution in [2.75, 3.05) is 31.6 Å². The molecular formula is C22H30N2O2S. The molecular weight excluding hydrogens is 356 g/mol. The molecule has 27 heavy (non-hydrogen) atoms. The molecule has 2 unspecified atom stereocenters. The average molecular weight is 387 g/mol. The second kappa shape index (κ2) is 9.00. The third kappa shape index (κ3) is 4.60. The van der Waals surface area contributed by atoms with E-state index >= 15 is 0 Å². The number of hydrogen-bond acceptors (Lipinski definition) is 4. The lowest BCUT2D eigenvalue weighted by Gasteiger charge is -2.49. The van der Waals surface area contributed by atoms with Gasteiger partial charge in [-0.15, -0.1) is 11.3 Å². The summed E-state index contributed by atoms with van der Waals surface area (Å²) in [5.74, 6) is 0.154. The van der Waals surface area contributed by atoms with E-state index in [0.29, 0.717) is 6.42 Å². The molecule has 1 aliphatic heterocycles. The fourth-order valence-corrected chi connectivity index (χ4v) is 4.71. The molecule has 2 atom stereocenters. The first kappa shape index (κ1) is 20.1. The number of carbonyl (C=O) groups excluding carboxylic acids is 1. The van der Waals surface area contributed by atoms with Gasteiger partial charge in [0.15, 0.2) is 0 Å². The van der Waals surface area contributed by atoms with E-state index in [0.717, 1.165) is 38.2 Å². The molecule has 0 radical (unpaired) electrons. The Morgan fingerprint density at radius 3 is 2.70 bits per heavy atom. The number of benzene rings is 1. The van der Waals surface area contributed by atoms with Crippen LogP contribution in [0.1, 0.15) is 31.6 Å². The molecule has 146 valence electrons. The Labute approximate surface area is 166 Å². The summed E-state index contributed by atoms with van der Waals surface area (Å²) >= 11 is 1.82. The van der Waals surface area contributed by atoms with Gasteiger partial charge < -0.3 is 9.64 Å². The zero-order valence-corrected chi connectivity index (χ0v) is 17.4. The molecule has 1 fully saturated rings. The van der Waals surface area contributed by atoms with E-state index in [2.05, 4.69) is 29.3 Å². The summed E-state index contributed by atoms with van der Waals surface area (Å²) in [6.07, 6.45) is 2.47. The number of anilines is 1. The first-order chi connectivity index (χ1) is 13.1. The van der Waals surface area contributed by atoms with Crippen LogP contribution in [0.4, 0.5) is 5.69 Å². The predicted octanol–water partition coefficient (Wildman–Crippen LogP) is 4.21. The highest BCUT2D eigenvalue weighted by atomic mass is 32.1. The van der Waals surface area contributed by atoms with Crippen LogP contribution in [-0.2, 0) is 16.0 Å². The summed E-state index contributed by atoms with van der Waals surface area (Å²) in [6, 6.07) is 14.4. The highest BCUT2D eigenvalue weighted by Crippen LogP contribution is 2.33. The number of hydrogen-bond donors (Lipinski definition) is 0. The van der Waals surface area contributed by atoms with Crippen molar-refractivity contribution >= 4 is 22.9 Å². The minimum Gasteiger partial charge on any atom is -0.375 e. The van der Waals surface area contributed by atoms with Gasteiger partial charge in [-0.25, -0.2) is 0 Å². The van der Waals surface area contributed by atoms with Crippen molar-refractivity contribution in [3.63, 3.8) is 0 Å². The Balaban J connectivity index is 1.77. The maximum absolute atomic E-state index is 12.8. The lowest BCUT2D eigenvalue weighted by molar-refractivity contribution is -0.122. The number of likely N-dealkylation sites (tertiary alicyclic amines) is 1. The molecule has 1 amide bonds. The summed E-state index contributed by atoms with van der Waals surface area (Å²) in [5, 5.41) is 2.13. The van der Waals surface area contributed by atoms with Crippen LogP contribution in [0.2, 0.25) is 0 Å². The van der Waals surface area contributed by atoms with Crippen LogP contribution in [0.3, 0.4) is 0 Å². The quantitative estimate of drug-likeness (QED) is 0.714. The number of carbonyl (C=O) groups is 1. The summed E-state index contributed by atoms with van der Waals surface area (Å²) in [6.45, 7) is 6.92. The van der Waals surface area contributed by atoms with Crippen LogP contribution in [0, 0.1) is 0 Å². The second-order valence-electron chi connectivity index (χ2n) is 7.38. The smallest absolute Gasteiger partial charge is 0.227 e. The van der Waals surface area contributed by atoms with Crippen molar-refractivity contribution < 1.29 is 9.53 Å². The molecule has 0 N–H and O–H groups in total. The number of amides is 1. The van der Waals surface area contributed by atoms with Gasteiger partial charge in [-0.05, 0) is 43.3 Å². The summed E-state index contributed by atoms with van der Waals surface area (Å²) < 4.78 is 6.02. The number of methoxy groups -OCH3 is 1. The van der Waals surface area contributed by atoms with E-state index < -0.39 is 5.60 Å². The Morgan fingerprint density at radius 1 is 1.30 bits per heavy atom. The van der Waals surface area contributed by atoms with Crippen LogP contribution in [0.5, 0.6) is 0 Å². The molecule has 4 nitrogen and oxygen atoms in total. The van der Waals surface area contributed by atoms with E-state index in [1.165, 1.54) is 4.88 Å². The van der Waals surface area contributed by atoms with Crippen molar-refractivity contribution in [3.8, 4) is 0 Å². The van der Waals surface area contributed by atoms with Crippen molar-refractivity contribution in [2.45, 2.75) is 44.8 Å². The van der Waals surface area contributed by atoms with E-state index in [1.54, 1.807) is 7.11 Å². The van der Waals surface area contributed by atoms with Crippen molar-refractivity contribution in [2.24, 2.45) is 0 Å². The fourth-order valence-electron chi connectivity index (χ4n) is 4.01. The number of thiophene rings is 1. The SMILES string of the molecule is CCC(=O)N(c1ccccc1)C1CCN(CCc2cccs2)CC1(C)OC. The molecule has 0 saturated carbocycles. The van der Waals surface area contributed by atoms with Gasteiger partial charge in [0.25, 0.3) is 0 Å². The summed E-state index contributed by atoms with van der Waals surface area (Å²) in [7, 11) is 1.77. The van der Waals surface area contributed by atoms with Crippen molar-refractivity contribution in [1.29, 1.82) is 0 Å². The first-order valence-electron chi connectivity index (χ1n) is 9.74. The highest BCUT2D eigenvalue weighted by molar-refractivity contribution is 7.09. The number of piperidine rings is 1. The molecule has 3 rings (SSSR count). The third-order valence-corrected chi connectivity index (χ3v) is 6.54. The van der Waals surface area contributed by atoms with Gasteiger partial charge in [-0.1, -0.05) is 31.2 Å². The standard InChI is InChI=1S/C22H30N2O2S/c1-4-21(25)24(18-9-6-5-7-10-18)20-13-15-23(17-22(20,2)26-3)14-12-19-11-8-16-27-19/h5-11,16,20H,4,12-15,17H2,1-3H3. The third-order valence-electron chi connectivity index (χ3n) is 5.60. The lowest BCUT2D eigenvalue weighted by atomic mass is 9.86. The topological polar surface area (TPSA) is 32.8 Å². The van der Waals surface area contributed by atoms with Gasteiger partial charge >= 0.3 is 0 Å². The second-order valence-corrected chi connectivity index (χ2v) is 8.41. The van der Waals surface area contributed by atoms with E-state index in [1.807, 2.05) is 53.5 Å². The number of ether oxygens (including phenoxy) is 1. The van der Waals surface area contributed by atoms with E-state index in [4.69, 9.17) is 4.74 Å². The largest absolute Gasteiger partial charge is 0.375 e. The van der Waals surface area contributed by atoms with Crippen LogP contribution < -0.4 is 4.90 Å². The van der Waals surface area contributed by atoms with Crippen LogP contribution in [-0.4, -0.2) is 49.2 Å². The van der Waals surface area contributed by atoms with Gasteiger partial charge in [-0.3, -0.25) is 9.69 Å². The van der Waals surface area contributed by atoms with Crippen molar-refractivity contribution in [1.82, 2.24) is 4.90 Å². The molecule has 0 bridgehead atoms. The Hall–Kier alpha value is -1.69.